The molecular weight excluding hydrogens is 279 g/mol. The molecule has 0 bridgehead atoms. The Labute approximate surface area is 129 Å². The highest BCUT2D eigenvalue weighted by atomic mass is 19.1. The number of halogens is 1. The average molecular weight is 297 g/mol. The Balaban J connectivity index is 2.10. The Hall–Kier alpha value is -2.22. The lowest BCUT2D eigenvalue weighted by molar-refractivity contribution is -0.369. The Morgan fingerprint density at radius 2 is 2.00 bits per heavy atom. The van der Waals surface area contributed by atoms with E-state index in [1.54, 1.807) is 12.1 Å². The molecule has 2 aromatic rings. The molecule has 2 aromatic carbocycles. The first-order valence-electron chi connectivity index (χ1n) is 7.40. The number of hydrogen-bond donors (Lipinski definition) is 1. The maximum Gasteiger partial charge on any atom is 0.187 e. The maximum absolute atomic E-state index is 13.3. The highest BCUT2D eigenvalue weighted by molar-refractivity contribution is 5.54. The second kappa shape index (κ2) is 5.88. The number of rotatable bonds is 4. The van der Waals surface area contributed by atoms with Gasteiger partial charge >= 0.3 is 0 Å². The first-order valence-corrected chi connectivity index (χ1v) is 7.40. The molecule has 1 atom stereocenters. The van der Waals surface area contributed by atoms with E-state index in [9.17, 15) is 4.39 Å². The zero-order valence-electron chi connectivity index (χ0n) is 12.3. The van der Waals surface area contributed by atoms with Crippen LogP contribution in [-0.4, -0.2) is 6.54 Å². The zero-order valence-corrected chi connectivity index (χ0v) is 12.3. The van der Waals surface area contributed by atoms with E-state index in [4.69, 9.17) is 11.3 Å². The summed E-state index contributed by atoms with van der Waals surface area (Å²) in [6, 6.07) is 12.2. The highest BCUT2D eigenvalue weighted by Crippen LogP contribution is 2.46. The van der Waals surface area contributed by atoms with Crippen molar-refractivity contribution >= 4 is 5.69 Å². The van der Waals surface area contributed by atoms with Crippen molar-refractivity contribution < 1.29 is 14.9 Å². The molecule has 0 saturated carbocycles. The predicted octanol–water partition coefficient (Wildman–Crippen LogP) is 3.17. The topological polar surface area (TPSA) is 41.2 Å². The van der Waals surface area contributed by atoms with Crippen molar-refractivity contribution in [3.63, 3.8) is 0 Å². The van der Waals surface area contributed by atoms with Gasteiger partial charge < -0.3 is 10.5 Å². The van der Waals surface area contributed by atoms with Crippen LogP contribution in [0.1, 0.15) is 29.5 Å². The van der Waals surface area contributed by atoms with Crippen LogP contribution in [0, 0.1) is 12.4 Å². The number of ether oxygens (including phenoxy) is 1. The predicted molar refractivity (Wildman–Crippen MR) is 81.7 cm³/mol. The van der Waals surface area contributed by atoms with Gasteiger partial charge in [-0.3, -0.25) is 0 Å². The minimum atomic E-state index is -0.554. The van der Waals surface area contributed by atoms with E-state index in [-0.39, 0.29) is 5.82 Å². The Bertz CT molecular complexity index is 721. The standard InChI is InChI=1S/C18H17FN2O/c1-21-16-7-8-17-13(11-16)12-22-18(17,9-2-10-20)14-3-5-15(19)6-4-14/h3-8,11H,2,9-10,12,20H2/p+1. The maximum atomic E-state index is 13.3. The monoisotopic (exact) mass is 297 g/mol. The molecule has 1 aliphatic heterocycles. The number of quaternary nitrogens is 1. The van der Waals surface area contributed by atoms with Crippen molar-refractivity contribution in [2.24, 2.45) is 0 Å². The summed E-state index contributed by atoms with van der Waals surface area (Å²) in [6.45, 7) is 8.44. The smallest absolute Gasteiger partial charge is 0.187 e. The van der Waals surface area contributed by atoms with E-state index in [0.29, 0.717) is 12.3 Å². The fourth-order valence-electron chi connectivity index (χ4n) is 3.12. The van der Waals surface area contributed by atoms with Crippen LogP contribution in [0.2, 0.25) is 0 Å². The van der Waals surface area contributed by atoms with Gasteiger partial charge in [-0.05, 0) is 41.7 Å². The van der Waals surface area contributed by atoms with Gasteiger partial charge in [0, 0.05) is 0 Å². The van der Waals surface area contributed by atoms with Gasteiger partial charge in [-0.2, -0.15) is 0 Å². The van der Waals surface area contributed by atoms with E-state index in [2.05, 4.69) is 10.6 Å². The van der Waals surface area contributed by atoms with Crippen LogP contribution in [-0.2, 0) is 16.9 Å². The van der Waals surface area contributed by atoms with Gasteiger partial charge in [-0.1, -0.05) is 30.3 Å². The van der Waals surface area contributed by atoms with Gasteiger partial charge in [0.1, 0.15) is 11.4 Å². The average Bonchev–Trinajstić information content (AvgIpc) is 2.92. The van der Waals surface area contributed by atoms with Crippen molar-refractivity contribution in [2.45, 2.75) is 25.0 Å². The SMILES string of the molecule is [C-]#[N+]c1ccc2c(c1)COC2(CCC[NH3+])c1ccc(F)cc1. The summed E-state index contributed by atoms with van der Waals surface area (Å²) in [5.41, 5.74) is 7.06. The quantitative estimate of drug-likeness (QED) is 0.865. The highest BCUT2D eigenvalue weighted by Gasteiger charge is 2.41. The minimum absolute atomic E-state index is 0.252. The first kappa shape index (κ1) is 14.7. The Morgan fingerprint density at radius 1 is 1.23 bits per heavy atom. The van der Waals surface area contributed by atoms with Crippen LogP contribution in [0.5, 0.6) is 0 Å². The number of nitrogens with zero attached hydrogens (tertiary/aromatic N) is 1. The molecule has 0 spiro atoms. The van der Waals surface area contributed by atoms with E-state index in [1.807, 2.05) is 18.2 Å². The molecule has 0 saturated heterocycles. The molecule has 3 N–H and O–H groups in total. The Kier molecular flexibility index (Phi) is 3.93. The van der Waals surface area contributed by atoms with Crippen molar-refractivity contribution in [3.05, 3.63) is 76.4 Å². The van der Waals surface area contributed by atoms with Crippen LogP contribution in [0.25, 0.3) is 4.85 Å². The molecule has 1 heterocycles. The van der Waals surface area contributed by atoms with Gasteiger partial charge in [-0.25, -0.2) is 9.24 Å². The molecule has 1 unspecified atom stereocenters. The summed E-state index contributed by atoms with van der Waals surface area (Å²) in [5.74, 6) is -0.252. The third-order valence-electron chi connectivity index (χ3n) is 4.22. The van der Waals surface area contributed by atoms with Gasteiger partial charge in [0.05, 0.1) is 19.7 Å². The molecule has 0 radical (unpaired) electrons. The lowest BCUT2D eigenvalue weighted by Crippen LogP contribution is -2.50. The van der Waals surface area contributed by atoms with Gasteiger partial charge in [-0.15, -0.1) is 0 Å². The zero-order chi connectivity index (χ0) is 15.6. The molecular formula is C18H18FN2O+. The Morgan fingerprint density at radius 3 is 2.68 bits per heavy atom. The lowest BCUT2D eigenvalue weighted by Gasteiger charge is -2.30. The fraction of sp³-hybridized carbons (Fsp3) is 0.278. The molecule has 3 nitrogen and oxygen atoms in total. The molecule has 0 fully saturated rings. The third kappa shape index (κ3) is 2.39. The largest absolute Gasteiger partial charge is 0.361 e. The molecule has 3 rings (SSSR count). The summed E-state index contributed by atoms with van der Waals surface area (Å²) in [7, 11) is 0. The van der Waals surface area contributed by atoms with Crippen LogP contribution >= 0.6 is 0 Å². The van der Waals surface area contributed by atoms with Crippen molar-refractivity contribution in [1.29, 1.82) is 0 Å². The van der Waals surface area contributed by atoms with Crippen molar-refractivity contribution in [3.8, 4) is 0 Å². The summed E-state index contributed by atoms with van der Waals surface area (Å²) < 4.78 is 19.4. The van der Waals surface area contributed by atoms with Crippen LogP contribution in [0.3, 0.4) is 0 Å². The number of hydrogen-bond acceptors (Lipinski definition) is 1. The van der Waals surface area contributed by atoms with E-state index < -0.39 is 5.60 Å². The first-order chi connectivity index (χ1) is 10.7. The van der Waals surface area contributed by atoms with E-state index in [1.165, 1.54) is 12.1 Å². The van der Waals surface area contributed by atoms with E-state index >= 15 is 0 Å². The third-order valence-corrected chi connectivity index (χ3v) is 4.22. The summed E-state index contributed by atoms with van der Waals surface area (Å²) in [6.07, 6.45) is 1.72. The summed E-state index contributed by atoms with van der Waals surface area (Å²) >= 11 is 0. The van der Waals surface area contributed by atoms with Crippen molar-refractivity contribution in [1.82, 2.24) is 0 Å². The van der Waals surface area contributed by atoms with Gasteiger partial charge in [0.2, 0.25) is 0 Å². The van der Waals surface area contributed by atoms with Crippen LogP contribution < -0.4 is 5.73 Å². The fourth-order valence-corrected chi connectivity index (χ4v) is 3.12. The second-order valence-electron chi connectivity index (χ2n) is 5.53. The molecule has 0 aromatic heterocycles. The molecule has 1 aliphatic rings. The number of benzene rings is 2. The molecule has 0 amide bonds. The molecule has 0 aliphatic carbocycles. The van der Waals surface area contributed by atoms with Crippen LogP contribution in [0.15, 0.2) is 42.5 Å². The van der Waals surface area contributed by atoms with Gasteiger partial charge in [0.15, 0.2) is 5.69 Å². The summed E-state index contributed by atoms with van der Waals surface area (Å²) in [5, 5.41) is 0. The molecule has 4 heteroatoms. The molecule has 22 heavy (non-hydrogen) atoms. The normalized spacial score (nSPS) is 19.7. The summed E-state index contributed by atoms with van der Waals surface area (Å²) in [4.78, 5) is 3.48. The van der Waals surface area contributed by atoms with Gasteiger partial charge in [0.25, 0.3) is 0 Å². The van der Waals surface area contributed by atoms with E-state index in [0.717, 1.165) is 36.1 Å². The minimum Gasteiger partial charge on any atom is -0.361 e. The van der Waals surface area contributed by atoms with Crippen molar-refractivity contribution in [2.75, 3.05) is 6.54 Å². The lowest BCUT2D eigenvalue weighted by atomic mass is 9.82. The number of fused-ring (bicyclic) bond motifs is 1. The molecule has 112 valence electrons. The second-order valence-corrected chi connectivity index (χ2v) is 5.53. The van der Waals surface area contributed by atoms with Crippen LogP contribution in [0.4, 0.5) is 10.1 Å².